The molecule has 0 unspecified atom stereocenters. The molecule has 0 rings (SSSR count). The summed E-state index contributed by atoms with van der Waals surface area (Å²) in [5.41, 5.74) is 0. The SMILES string of the molecule is O.O.O.O.O.O.O.O.O.O.O.O.O.O.O.O.O.O.O.O.O.O.O.[Fe].[Fe].[Fe].[Fe].[Fe]. The van der Waals surface area contributed by atoms with Gasteiger partial charge in [-0.2, -0.15) is 0 Å². The molecule has 0 spiro atoms. The summed E-state index contributed by atoms with van der Waals surface area (Å²) >= 11 is 0. The molecular formula is H46Fe5O23. The van der Waals surface area contributed by atoms with Gasteiger partial charge in [-0.25, -0.2) is 0 Å². The Morgan fingerprint density at radius 2 is 0.0714 bits per heavy atom. The molecule has 0 fully saturated rings. The van der Waals surface area contributed by atoms with E-state index in [2.05, 4.69) is 0 Å². The zero-order valence-electron chi connectivity index (χ0n) is 13.3. The van der Waals surface area contributed by atoms with Crippen LogP contribution in [0.25, 0.3) is 0 Å². The van der Waals surface area contributed by atoms with E-state index < -0.39 is 0 Å². The van der Waals surface area contributed by atoms with Crippen LogP contribution in [0.3, 0.4) is 0 Å². The van der Waals surface area contributed by atoms with Crippen molar-refractivity contribution in [2.75, 3.05) is 0 Å². The third kappa shape index (κ3) is 7000. The second-order valence-electron chi connectivity index (χ2n) is 0. The zero-order chi connectivity index (χ0) is 0. The van der Waals surface area contributed by atoms with Crippen molar-refractivity contribution in [2.45, 2.75) is 0 Å². The minimum Gasteiger partial charge on any atom is -0.412 e. The minimum atomic E-state index is 0. The number of hydrogen-bond donors (Lipinski definition) is 0. The van der Waals surface area contributed by atoms with Gasteiger partial charge in [-0.15, -0.1) is 0 Å². The van der Waals surface area contributed by atoms with Gasteiger partial charge in [-0.1, -0.05) is 0 Å². The van der Waals surface area contributed by atoms with Crippen LogP contribution in [-0.4, -0.2) is 126 Å². The molecule has 224 valence electrons. The molecular weight excluding hydrogens is 647 g/mol. The Labute approximate surface area is 210 Å². The molecule has 0 aromatic heterocycles. The van der Waals surface area contributed by atoms with Crippen LogP contribution in [0.5, 0.6) is 0 Å². The van der Waals surface area contributed by atoms with Crippen LogP contribution < -0.4 is 0 Å². The topological polar surface area (TPSA) is 724 Å². The van der Waals surface area contributed by atoms with Crippen molar-refractivity contribution >= 4 is 0 Å². The van der Waals surface area contributed by atoms with Gasteiger partial charge in [0.05, 0.1) is 0 Å². The summed E-state index contributed by atoms with van der Waals surface area (Å²) in [6, 6.07) is 0. The van der Waals surface area contributed by atoms with Crippen molar-refractivity contribution in [3.05, 3.63) is 0 Å². The van der Waals surface area contributed by atoms with E-state index in [0.717, 1.165) is 0 Å². The van der Waals surface area contributed by atoms with Crippen molar-refractivity contribution < 1.29 is 211 Å². The van der Waals surface area contributed by atoms with Gasteiger partial charge in [0.25, 0.3) is 0 Å². The van der Waals surface area contributed by atoms with Crippen molar-refractivity contribution in [1.82, 2.24) is 0 Å². The first-order valence-corrected chi connectivity index (χ1v) is 0. The average Bonchev–Trinajstić information content (AvgIpc) is 0. The molecule has 0 aliphatic rings. The van der Waals surface area contributed by atoms with Crippen LogP contribution in [-0.2, 0) is 85.3 Å². The first-order valence-electron chi connectivity index (χ1n) is 0. The summed E-state index contributed by atoms with van der Waals surface area (Å²) in [6.45, 7) is 0. The maximum absolute atomic E-state index is 0. The number of rotatable bonds is 0. The van der Waals surface area contributed by atoms with Gasteiger partial charge in [-0.05, 0) is 0 Å². The fourth-order valence-corrected chi connectivity index (χ4v) is 0. The van der Waals surface area contributed by atoms with Crippen molar-refractivity contribution in [3.8, 4) is 0 Å². The quantitative estimate of drug-likeness (QED) is 0.213. The van der Waals surface area contributed by atoms with Gasteiger partial charge in [0.2, 0.25) is 0 Å². The van der Waals surface area contributed by atoms with E-state index in [1.54, 1.807) is 0 Å². The Bertz CT molecular complexity index is 19.0. The molecule has 0 amide bonds. The molecule has 0 atom stereocenters. The molecule has 28 heteroatoms. The molecule has 0 aliphatic carbocycles. The fourth-order valence-electron chi connectivity index (χ4n) is 0. The largest absolute Gasteiger partial charge is 0.412 e. The average molecular weight is 694 g/mol. The van der Waals surface area contributed by atoms with Gasteiger partial charge >= 0.3 is 0 Å². The Morgan fingerprint density at radius 3 is 0.0714 bits per heavy atom. The maximum Gasteiger partial charge on any atom is 0 e. The van der Waals surface area contributed by atoms with Gasteiger partial charge in [-0.3, -0.25) is 0 Å². The summed E-state index contributed by atoms with van der Waals surface area (Å²) in [5, 5.41) is 0. The van der Waals surface area contributed by atoms with Crippen LogP contribution in [0.2, 0.25) is 0 Å². The summed E-state index contributed by atoms with van der Waals surface area (Å²) in [6.07, 6.45) is 0. The molecule has 46 N–H and O–H groups in total. The number of hydrogen-bond acceptors (Lipinski definition) is 0. The molecule has 0 bridgehead atoms. The van der Waals surface area contributed by atoms with Gasteiger partial charge < -0.3 is 126 Å². The second kappa shape index (κ2) is 7810. The molecule has 0 saturated heterocycles. The maximum atomic E-state index is 0. The predicted molar refractivity (Wildman–Crippen MR) is 83.1 cm³/mol. The van der Waals surface area contributed by atoms with Gasteiger partial charge in [0, 0.05) is 85.3 Å². The third-order valence-electron chi connectivity index (χ3n) is 0. The third-order valence-corrected chi connectivity index (χ3v) is 0. The van der Waals surface area contributed by atoms with E-state index in [1.165, 1.54) is 0 Å². The van der Waals surface area contributed by atoms with Crippen molar-refractivity contribution in [3.63, 3.8) is 0 Å². The van der Waals surface area contributed by atoms with E-state index >= 15 is 0 Å². The summed E-state index contributed by atoms with van der Waals surface area (Å²) in [5.74, 6) is 0. The van der Waals surface area contributed by atoms with Crippen molar-refractivity contribution in [2.24, 2.45) is 0 Å². The minimum absolute atomic E-state index is 0. The Hall–Kier alpha value is 1.68. The first kappa shape index (κ1) is 8670. The smallest absolute Gasteiger partial charge is 0 e. The molecule has 0 heterocycles. The fraction of sp³-hybridized carbons (Fsp3) is 0. The zero-order valence-corrected chi connectivity index (χ0v) is 18.8. The van der Waals surface area contributed by atoms with E-state index in [0.29, 0.717) is 0 Å². The van der Waals surface area contributed by atoms with Crippen LogP contribution in [0, 0.1) is 0 Å². The summed E-state index contributed by atoms with van der Waals surface area (Å²) in [7, 11) is 0. The van der Waals surface area contributed by atoms with Gasteiger partial charge in [0.1, 0.15) is 0 Å². The molecule has 0 aromatic rings. The van der Waals surface area contributed by atoms with Crippen LogP contribution in [0.1, 0.15) is 0 Å². The summed E-state index contributed by atoms with van der Waals surface area (Å²) < 4.78 is 0. The predicted octanol–water partition coefficient (Wildman–Crippen LogP) is -19.0. The monoisotopic (exact) mass is 694 g/mol. The van der Waals surface area contributed by atoms with E-state index in [1.807, 2.05) is 0 Å². The Kier molecular flexibility index (Phi) is 2420000. The first-order chi connectivity index (χ1) is 0. The van der Waals surface area contributed by atoms with Crippen molar-refractivity contribution in [1.29, 1.82) is 0 Å². The summed E-state index contributed by atoms with van der Waals surface area (Å²) in [4.78, 5) is 0. The molecule has 0 aliphatic heterocycles. The Balaban J connectivity index is 0. The molecule has 0 aromatic carbocycles. The normalized spacial score (nSPS) is 0. The van der Waals surface area contributed by atoms with Crippen LogP contribution in [0.15, 0.2) is 0 Å². The van der Waals surface area contributed by atoms with Crippen LogP contribution in [0.4, 0.5) is 0 Å². The Morgan fingerprint density at radius 1 is 0.0714 bits per heavy atom. The molecule has 0 saturated carbocycles. The molecule has 0 radical (unpaired) electrons. The van der Waals surface area contributed by atoms with Crippen LogP contribution >= 0.6 is 0 Å². The molecule has 28 heavy (non-hydrogen) atoms. The van der Waals surface area contributed by atoms with E-state index in [9.17, 15) is 0 Å². The van der Waals surface area contributed by atoms with E-state index in [4.69, 9.17) is 0 Å². The molecule has 23 nitrogen and oxygen atoms in total. The second-order valence-corrected chi connectivity index (χ2v) is 0. The standard InChI is InChI=1S/5Fe.23H2O/h;;;;;23*1H2. The van der Waals surface area contributed by atoms with E-state index in [-0.39, 0.29) is 211 Å². The van der Waals surface area contributed by atoms with Gasteiger partial charge in [0.15, 0.2) is 0 Å².